The second-order valence-corrected chi connectivity index (χ2v) is 8.30. The molecular weight excluding hydrogens is 361 g/mol. The minimum atomic E-state index is -3.68. The summed E-state index contributed by atoms with van der Waals surface area (Å²) in [7, 11) is -3.68. The van der Waals surface area contributed by atoms with Crippen LogP contribution in [-0.2, 0) is 21.2 Å². The molecule has 26 heavy (non-hydrogen) atoms. The fraction of sp³-hybridized carbons (Fsp3) is 0.529. The van der Waals surface area contributed by atoms with Crippen LogP contribution in [0.5, 0.6) is 0 Å². The molecule has 0 atom stereocenters. The summed E-state index contributed by atoms with van der Waals surface area (Å²) in [6.07, 6.45) is 1.74. The third-order valence-corrected chi connectivity index (χ3v) is 6.33. The first kappa shape index (κ1) is 18.9. The maximum absolute atomic E-state index is 13.7. The average Bonchev–Trinajstić information content (AvgIpc) is 3.03. The number of hydrogen-bond acceptors (Lipinski definition) is 6. The largest absolute Gasteiger partial charge is 0.378 e. The van der Waals surface area contributed by atoms with Gasteiger partial charge in [0.15, 0.2) is 5.82 Å². The summed E-state index contributed by atoms with van der Waals surface area (Å²) < 4.78 is 51.1. The molecule has 0 unspecified atom stereocenters. The summed E-state index contributed by atoms with van der Waals surface area (Å²) in [5, 5.41) is 3.81. The fourth-order valence-corrected chi connectivity index (χ4v) is 4.36. The number of nitrogens with zero attached hydrogens (tertiary/aromatic N) is 3. The zero-order valence-electron chi connectivity index (χ0n) is 14.8. The van der Waals surface area contributed by atoms with Crippen LogP contribution in [0.3, 0.4) is 0 Å². The molecule has 0 bridgehead atoms. The van der Waals surface area contributed by atoms with Gasteiger partial charge in [-0.05, 0) is 37.5 Å². The van der Waals surface area contributed by atoms with Gasteiger partial charge in [-0.2, -0.15) is 9.29 Å². The second kappa shape index (κ2) is 7.81. The van der Waals surface area contributed by atoms with E-state index in [0.717, 1.165) is 6.07 Å². The molecule has 7 nitrogen and oxygen atoms in total. The zero-order valence-corrected chi connectivity index (χ0v) is 15.6. The molecule has 2 heterocycles. The highest BCUT2D eigenvalue weighted by Crippen LogP contribution is 2.23. The number of benzene rings is 1. The summed E-state index contributed by atoms with van der Waals surface area (Å²) >= 11 is 0. The number of sulfonamides is 1. The monoisotopic (exact) mass is 383 g/mol. The molecule has 0 saturated carbocycles. The third-order valence-electron chi connectivity index (χ3n) is 4.43. The Morgan fingerprint density at radius 1 is 1.31 bits per heavy atom. The molecule has 1 aliphatic heterocycles. The van der Waals surface area contributed by atoms with Crippen molar-refractivity contribution in [3.05, 3.63) is 41.3 Å². The molecule has 0 spiro atoms. The van der Waals surface area contributed by atoms with Crippen molar-refractivity contribution in [2.45, 2.75) is 44.1 Å². The van der Waals surface area contributed by atoms with Crippen LogP contribution in [0.1, 0.15) is 30.1 Å². The van der Waals surface area contributed by atoms with E-state index in [1.165, 1.54) is 16.4 Å². The fourth-order valence-electron chi connectivity index (χ4n) is 2.88. The van der Waals surface area contributed by atoms with Crippen LogP contribution in [0.2, 0.25) is 0 Å². The maximum atomic E-state index is 13.7. The lowest BCUT2D eigenvalue weighted by Crippen LogP contribution is -2.41. The normalized spacial score (nSPS) is 16.9. The van der Waals surface area contributed by atoms with E-state index >= 15 is 0 Å². The van der Waals surface area contributed by atoms with Gasteiger partial charge in [-0.3, -0.25) is 0 Å². The van der Waals surface area contributed by atoms with Crippen molar-refractivity contribution in [1.82, 2.24) is 14.4 Å². The second-order valence-electron chi connectivity index (χ2n) is 6.36. The molecule has 0 aliphatic carbocycles. The Bertz CT molecular complexity index is 861. The Morgan fingerprint density at radius 3 is 2.65 bits per heavy atom. The first-order chi connectivity index (χ1) is 12.4. The van der Waals surface area contributed by atoms with E-state index in [1.54, 1.807) is 13.8 Å². The predicted octanol–water partition coefficient (Wildman–Crippen LogP) is 2.24. The highest BCUT2D eigenvalue weighted by molar-refractivity contribution is 7.89. The Labute approximate surface area is 152 Å². The summed E-state index contributed by atoms with van der Waals surface area (Å²) in [5.74, 6) is 0.607. The number of aromatic nitrogens is 2. The molecule has 1 aromatic carbocycles. The number of piperidine rings is 1. The molecule has 2 aromatic rings. The van der Waals surface area contributed by atoms with Crippen LogP contribution < -0.4 is 0 Å². The third kappa shape index (κ3) is 4.28. The quantitative estimate of drug-likeness (QED) is 0.760. The summed E-state index contributed by atoms with van der Waals surface area (Å²) in [4.78, 5) is 4.10. The van der Waals surface area contributed by atoms with Crippen molar-refractivity contribution in [3.8, 4) is 0 Å². The van der Waals surface area contributed by atoms with Gasteiger partial charge in [0.05, 0.1) is 17.6 Å². The lowest BCUT2D eigenvalue weighted by molar-refractivity contribution is 0.0222. The van der Waals surface area contributed by atoms with E-state index in [0.29, 0.717) is 56.2 Å². The van der Waals surface area contributed by atoms with Gasteiger partial charge in [0.1, 0.15) is 5.82 Å². The topological polar surface area (TPSA) is 85.5 Å². The first-order valence-electron chi connectivity index (χ1n) is 8.53. The SMILES string of the molecule is Cc1nc(CCOC2CCN(S(=O)(=O)c3ccc(C)c(F)c3)CC2)no1. The lowest BCUT2D eigenvalue weighted by Gasteiger charge is -2.31. The molecule has 9 heteroatoms. The molecule has 1 saturated heterocycles. The smallest absolute Gasteiger partial charge is 0.243 e. The molecule has 0 radical (unpaired) electrons. The van der Waals surface area contributed by atoms with E-state index in [1.807, 2.05) is 0 Å². The molecule has 1 aliphatic rings. The maximum Gasteiger partial charge on any atom is 0.243 e. The Morgan fingerprint density at radius 2 is 2.04 bits per heavy atom. The summed E-state index contributed by atoms with van der Waals surface area (Å²) in [6, 6.07) is 4.02. The number of rotatable bonds is 6. The molecule has 1 aromatic heterocycles. The van der Waals surface area contributed by atoms with Crippen molar-refractivity contribution >= 4 is 10.0 Å². The van der Waals surface area contributed by atoms with E-state index < -0.39 is 15.8 Å². The van der Waals surface area contributed by atoms with Gasteiger partial charge >= 0.3 is 0 Å². The van der Waals surface area contributed by atoms with Gasteiger partial charge in [-0.1, -0.05) is 11.2 Å². The number of hydrogen-bond donors (Lipinski definition) is 0. The van der Waals surface area contributed by atoms with Crippen LogP contribution >= 0.6 is 0 Å². The van der Waals surface area contributed by atoms with Crippen LogP contribution in [0, 0.1) is 19.7 Å². The van der Waals surface area contributed by atoms with Gasteiger partial charge in [0, 0.05) is 26.4 Å². The van der Waals surface area contributed by atoms with Crippen LogP contribution in [-0.4, -0.2) is 48.7 Å². The number of ether oxygens (including phenoxy) is 1. The average molecular weight is 383 g/mol. The highest BCUT2D eigenvalue weighted by Gasteiger charge is 2.30. The molecule has 0 N–H and O–H groups in total. The number of aryl methyl sites for hydroxylation is 2. The zero-order chi connectivity index (χ0) is 18.7. The minimum absolute atomic E-state index is 0.00700. The Hall–Kier alpha value is -1.84. The predicted molar refractivity (Wildman–Crippen MR) is 91.6 cm³/mol. The Balaban J connectivity index is 1.51. The standard InChI is InChI=1S/C17H22FN3O4S/c1-12-3-4-15(11-16(12)18)26(22,23)21-8-5-14(6-9-21)24-10-7-17-19-13(2)25-20-17/h3-4,11,14H,5-10H2,1-2H3. The van der Waals surface area contributed by atoms with Crippen molar-refractivity contribution in [1.29, 1.82) is 0 Å². The number of halogens is 1. The highest BCUT2D eigenvalue weighted by atomic mass is 32.2. The van der Waals surface area contributed by atoms with Crippen molar-refractivity contribution in [3.63, 3.8) is 0 Å². The first-order valence-corrected chi connectivity index (χ1v) is 9.97. The van der Waals surface area contributed by atoms with Crippen LogP contribution in [0.15, 0.2) is 27.6 Å². The van der Waals surface area contributed by atoms with E-state index in [2.05, 4.69) is 10.1 Å². The van der Waals surface area contributed by atoms with Crippen molar-refractivity contribution < 1.29 is 22.1 Å². The van der Waals surface area contributed by atoms with Crippen LogP contribution in [0.25, 0.3) is 0 Å². The Kier molecular flexibility index (Phi) is 5.69. The molecule has 142 valence electrons. The van der Waals surface area contributed by atoms with Gasteiger partial charge in [0.2, 0.25) is 15.9 Å². The molecular formula is C17H22FN3O4S. The van der Waals surface area contributed by atoms with Gasteiger partial charge < -0.3 is 9.26 Å². The van der Waals surface area contributed by atoms with Gasteiger partial charge in [-0.15, -0.1) is 0 Å². The van der Waals surface area contributed by atoms with E-state index in [-0.39, 0.29) is 11.0 Å². The van der Waals surface area contributed by atoms with Crippen molar-refractivity contribution in [2.24, 2.45) is 0 Å². The molecule has 0 amide bonds. The van der Waals surface area contributed by atoms with Crippen molar-refractivity contribution in [2.75, 3.05) is 19.7 Å². The van der Waals surface area contributed by atoms with E-state index in [4.69, 9.17) is 9.26 Å². The molecule has 1 fully saturated rings. The lowest BCUT2D eigenvalue weighted by atomic mass is 10.1. The van der Waals surface area contributed by atoms with Crippen LogP contribution in [0.4, 0.5) is 4.39 Å². The summed E-state index contributed by atoms with van der Waals surface area (Å²) in [5.41, 5.74) is 0.424. The van der Waals surface area contributed by atoms with E-state index in [9.17, 15) is 12.8 Å². The van der Waals surface area contributed by atoms with Gasteiger partial charge in [-0.25, -0.2) is 12.8 Å². The minimum Gasteiger partial charge on any atom is -0.378 e. The van der Waals surface area contributed by atoms with Gasteiger partial charge in [0.25, 0.3) is 0 Å². The molecule has 3 rings (SSSR count). The summed E-state index contributed by atoms with van der Waals surface area (Å²) in [6.45, 7) is 4.49.